The number of rotatable bonds is 6. The Bertz CT molecular complexity index is 1110. The Labute approximate surface area is 178 Å². The molecule has 4 rings (SSSR count). The van der Waals surface area contributed by atoms with E-state index < -0.39 is 23.8 Å². The first-order chi connectivity index (χ1) is 15.1. The summed E-state index contributed by atoms with van der Waals surface area (Å²) in [6.45, 7) is 2.29. The second kappa shape index (κ2) is 8.74. The van der Waals surface area contributed by atoms with Crippen molar-refractivity contribution in [3.63, 3.8) is 0 Å². The molecule has 0 unspecified atom stereocenters. The van der Waals surface area contributed by atoms with Crippen LogP contribution in [0.3, 0.4) is 0 Å². The van der Waals surface area contributed by atoms with Gasteiger partial charge in [-0.2, -0.15) is 0 Å². The van der Waals surface area contributed by atoms with Gasteiger partial charge in [0, 0.05) is 0 Å². The summed E-state index contributed by atoms with van der Waals surface area (Å²) in [5.74, 6) is -0.771. The van der Waals surface area contributed by atoms with Crippen LogP contribution in [0, 0.1) is 0 Å². The molecule has 1 aliphatic heterocycles. The molecular weight excluding hydrogens is 398 g/mol. The number of ether oxygens (including phenoxy) is 1. The van der Waals surface area contributed by atoms with E-state index in [0.717, 1.165) is 0 Å². The SMILES string of the molecule is CCOc1ccccc1NC(=O)C[C@@H]1C(=O)Nc2ccccc2N1C(=O)c1ccco1. The molecule has 3 aromatic rings. The summed E-state index contributed by atoms with van der Waals surface area (Å²) in [7, 11) is 0. The molecule has 0 saturated heterocycles. The molecule has 2 aromatic carbocycles. The number of carbonyl (C=O) groups excluding carboxylic acids is 3. The minimum absolute atomic E-state index is 0.0802. The molecule has 3 amide bonds. The van der Waals surface area contributed by atoms with Crippen LogP contribution < -0.4 is 20.3 Å². The molecule has 31 heavy (non-hydrogen) atoms. The fourth-order valence-electron chi connectivity index (χ4n) is 3.47. The van der Waals surface area contributed by atoms with Gasteiger partial charge in [0.15, 0.2) is 5.76 Å². The number of carbonyl (C=O) groups is 3. The third-order valence-corrected chi connectivity index (χ3v) is 4.83. The van der Waals surface area contributed by atoms with Crippen LogP contribution in [-0.4, -0.2) is 30.4 Å². The van der Waals surface area contributed by atoms with Gasteiger partial charge in [-0.3, -0.25) is 19.3 Å². The Morgan fingerprint density at radius 2 is 1.87 bits per heavy atom. The van der Waals surface area contributed by atoms with Crippen molar-refractivity contribution in [1.82, 2.24) is 0 Å². The van der Waals surface area contributed by atoms with E-state index in [4.69, 9.17) is 9.15 Å². The zero-order valence-corrected chi connectivity index (χ0v) is 16.8. The molecule has 0 saturated carbocycles. The lowest BCUT2D eigenvalue weighted by molar-refractivity contribution is -0.122. The Hall–Kier alpha value is -4.07. The number of nitrogens with zero attached hydrogens (tertiary/aromatic N) is 1. The number of furan rings is 1. The van der Waals surface area contributed by atoms with E-state index in [-0.39, 0.29) is 12.2 Å². The predicted octanol–water partition coefficient (Wildman–Crippen LogP) is 3.67. The first-order valence-electron chi connectivity index (χ1n) is 9.87. The maximum atomic E-state index is 13.2. The van der Waals surface area contributed by atoms with Gasteiger partial charge in [0.05, 0.1) is 36.4 Å². The number of benzene rings is 2. The van der Waals surface area contributed by atoms with E-state index in [1.165, 1.54) is 17.2 Å². The van der Waals surface area contributed by atoms with Crippen LogP contribution in [0.15, 0.2) is 71.3 Å². The molecule has 2 N–H and O–H groups in total. The first kappa shape index (κ1) is 20.2. The van der Waals surface area contributed by atoms with Crippen molar-refractivity contribution in [3.8, 4) is 5.75 Å². The quantitative estimate of drug-likeness (QED) is 0.635. The number of fused-ring (bicyclic) bond motifs is 1. The van der Waals surface area contributed by atoms with Crippen molar-refractivity contribution in [3.05, 3.63) is 72.7 Å². The molecule has 1 aliphatic rings. The number of hydrogen-bond acceptors (Lipinski definition) is 5. The Morgan fingerprint density at radius 1 is 1.10 bits per heavy atom. The summed E-state index contributed by atoms with van der Waals surface area (Å²) in [6.07, 6.45) is 1.14. The molecule has 1 aromatic heterocycles. The average molecular weight is 419 g/mol. The maximum absolute atomic E-state index is 13.2. The van der Waals surface area contributed by atoms with Gasteiger partial charge in [0.1, 0.15) is 11.8 Å². The molecule has 0 radical (unpaired) electrons. The van der Waals surface area contributed by atoms with Gasteiger partial charge in [-0.1, -0.05) is 24.3 Å². The van der Waals surface area contributed by atoms with E-state index in [1.807, 2.05) is 6.92 Å². The highest BCUT2D eigenvalue weighted by atomic mass is 16.5. The Kier molecular flexibility index (Phi) is 5.70. The second-order valence-corrected chi connectivity index (χ2v) is 6.86. The van der Waals surface area contributed by atoms with E-state index in [2.05, 4.69) is 10.6 Å². The summed E-state index contributed by atoms with van der Waals surface area (Å²) >= 11 is 0. The number of amides is 3. The van der Waals surface area contributed by atoms with E-state index in [9.17, 15) is 14.4 Å². The van der Waals surface area contributed by atoms with Crippen molar-refractivity contribution in [1.29, 1.82) is 0 Å². The third-order valence-electron chi connectivity index (χ3n) is 4.83. The highest BCUT2D eigenvalue weighted by Gasteiger charge is 2.39. The number of nitrogens with one attached hydrogen (secondary N) is 2. The van der Waals surface area contributed by atoms with Crippen LogP contribution in [-0.2, 0) is 9.59 Å². The van der Waals surface area contributed by atoms with Crippen LogP contribution in [0.25, 0.3) is 0 Å². The molecule has 0 spiro atoms. The summed E-state index contributed by atoms with van der Waals surface area (Å²) < 4.78 is 10.8. The van der Waals surface area contributed by atoms with Crippen molar-refractivity contribution < 1.29 is 23.5 Å². The minimum Gasteiger partial charge on any atom is -0.492 e. The molecule has 1 atom stereocenters. The van der Waals surface area contributed by atoms with Crippen LogP contribution in [0.1, 0.15) is 23.9 Å². The van der Waals surface area contributed by atoms with Gasteiger partial charge >= 0.3 is 0 Å². The lowest BCUT2D eigenvalue weighted by Crippen LogP contribution is -2.52. The molecule has 0 bridgehead atoms. The van der Waals surface area contributed by atoms with Gasteiger partial charge in [-0.25, -0.2) is 0 Å². The fraction of sp³-hybridized carbons (Fsp3) is 0.174. The minimum atomic E-state index is -1.05. The van der Waals surface area contributed by atoms with Crippen molar-refractivity contribution in [2.45, 2.75) is 19.4 Å². The predicted molar refractivity (Wildman–Crippen MR) is 115 cm³/mol. The zero-order chi connectivity index (χ0) is 21.8. The average Bonchev–Trinajstić information content (AvgIpc) is 3.30. The van der Waals surface area contributed by atoms with Crippen molar-refractivity contribution >= 4 is 34.8 Å². The summed E-state index contributed by atoms with van der Waals surface area (Å²) in [4.78, 5) is 40.2. The molecule has 0 fully saturated rings. The van der Waals surface area contributed by atoms with Crippen LogP contribution in [0.4, 0.5) is 17.1 Å². The zero-order valence-electron chi connectivity index (χ0n) is 16.8. The largest absolute Gasteiger partial charge is 0.492 e. The number of anilines is 3. The van der Waals surface area contributed by atoms with Gasteiger partial charge in [-0.15, -0.1) is 0 Å². The first-order valence-corrected chi connectivity index (χ1v) is 9.87. The van der Waals surface area contributed by atoms with Crippen LogP contribution in [0.5, 0.6) is 5.75 Å². The van der Waals surface area contributed by atoms with Crippen LogP contribution >= 0.6 is 0 Å². The highest BCUT2D eigenvalue weighted by Crippen LogP contribution is 2.34. The summed E-state index contributed by atoms with van der Waals surface area (Å²) in [6, 6.07) is 16.0. The molecule has 2 heterocycles. The van der Waals surface area contributed by atoms with E-state index in [0.29, 0.717) is 29.4 Å². The lowest BCUT2D eigenvalue weighted by atomic mass is 10.0. The summed E-state index contributed by atoms with van der Waals surface area (Å²) in [5, 5.41) is 5.55. The van der Waals surface area contributed by atoms with E-state index in [1.54, 1.807) is 54.6 Å². The molecule has 8 nitrogen and oxygen atoms in total. The van der Waals surface area contributed by atoms with Gasteiger partial charge in [-0.05, 0) is 43.3 Å². The van der Waals surface area contributed by atoms with Crippen LogP contribution in [0.2, 0.25) is 0 Å². The Morgan fingerprint density at radius 3 is 2.65 bits per heavy atom. The maximum Gasteiger partial charge on any atom is 0.294 e. The van der Waals surface area contributed by atoms with E-state index >= 15 is 0 Å². The fourth-order valence-corrected chi connectivity index (χ4v) is 3.47. The third kappa shape index (κ3) is 4.13. The molecule has 8 heteroatoms. The van der Waals surface area contributed by atoms with Crippen molar-refractivity contribution in [2.24, 2.45) is 0 Å². The highest BCUT2D eigenvalue weighted by molar-refractivity contribution is 6.17. The van der Waals surface area contributed by atoms with Gasteiger partial charge < -0.3 is 19.8 Å². The van der Waals surface area contributed by atoms with Gasteiger partial charge in [0.25, 0.3) is 5.91 Å². The molecule has 0 aliphatic carbocycles. The number of para-hydroxylation sites is 4. The monoisotopic (exact) mass is 419 g/mol. The van der Waals surface area contributed by atoms with Crippen molar-refractivity contribution in [2.75, 3.05) is 22.1 Å². The standard InChI is InChI=1S/C23H21N3O5/c1-2-30-19-11-6-4-9-16(19)24-21(27)14-18-22(28)25-15-8-3-5-10-17(15)26(18)23(29)20-12-7-13-31-20/h3-13,18H,2,14H2,1H3,(H,24,27)(H,25,28)/t18-/m1/s1. The van der Waals surface area contributed by atoms with Gasteiger partial charge in [0.2, 0.25) is 11.8 Å². The smallest absolute Gasteiger partial charge is 0.294 e. The molecule has 158 valence electrons. The second-order valence-electron chi connectivity index (χ2n) is 6.86. The molecular formula is C23H21N3O5. The topological polar surface area (TPSA) is 101 Å². The normalized spacial score (nSPS) is 15.1. The summed E-state index contributed by atoms with van der Waals surface area (Å²) in [5.41, 5.74) is 1.48. The Balaban J connectivity index is 1.62. The lowest BCUT2D eigenvalue weighted by Gasteiger charge is -2.35. The number of hydrogen-bond donors (Lipinski definition) is 2.